The first-order valence-electron chi connectivity index (χ1n) is 7.92. The molecule has 126 valence electrons. The number of anilines is 1. The van der Waals surface area contributed by atoms with Crippen LogP contribution in [0, 0.1) is 0 Å². The summed E-state index contributed by atoms with van der Waals surface area (Å²) in [7, 11) is 1.65. The molecule has 0 bridgehead atoms. The smallest absolute Gasteiger partial charge is 0.171 e. The summed E-state index contributed by atoms with van der Waals surface area (Å²) in [5, 5.41) is 7.15. The number of pyridine rings is 1. The van der Waals surface area contributed by atoms with Crippen molar-refractivity contribution in [3.05, 3.63) is 90.3 Å². The number of hydrogen-bond acceptors (Lipinski definition) is 3. The van der Waals surface area contributed by atoms with Gasteiger partial charge >= 0.3 is 0 Å². The summed E-state index contributed by atoms with van der Waals surface area (Å²) in [6.45, 7) is 0. The summed E-state index contributed by atoms with van der Waals surface area (Å²) < 4.78 is 5.17. The van der Waals surface area contributed by atoms with E-state index in [1.54, 1.807) is 19.5 Å². The Morgan fingerprint density at radius 1 is 0.920 bits per heavy atom. The molecule has 0 spiro atoms. The summed E-state index contributed by atoms with van der Waals surface area (Å²) >= 11 is 5.50. The molecule has 2 aromatic carbocycles. The van der Waals surface area contributed by atoms with Crippen molar-refractivity contribution in [1.29, 1.82) is 0 Å². The first-order valence-corrected chi connectivity index (χ1v) is 8.33. The third-order valence-electron chi connectivity index (χ3n) is 3.80. The summed E-state index contributed by atoms with van der Waals surface area (Å²) in [5.74, 6) is 0.809. The highest BCUT2D eigenvalue weighted by Gasteiger charge is 2.15. The SMILES string of the molecule is COc1ccc(NC(=S)N[C@@H](c2ccccc2)c2ccncc2)cc1. The third-order valence-corrected chi connectivity index (χ3v) is 4.02. The molecule has 3 aromatic rings. The van der Waals surface area contributed by atoms with Crippen LogP contribution in [0.5, 0.6) is 5.75 Å². The van der Waals surface area contributed by atoms with Gasteiger partial charge in [-0.1, -0.05) is 30.3 Å². The van der Waals surface area contributed by atoms with Gasteiger partial charge in [-0.05, 0) is 59.7 Å². The molecular formula is C20H19N3OS. The number of thiocarbonyl (C=S) groups is 1. The lowest BCUT2D eigenvalue weighted by atomic mass is 10.00. The first kappa shape index (κ1) is 16.9. The minimum Gasteiger partial charge on any atom is -0.497 e. The molecule has 1 aromatic heterocycles. The van der Waals surface area contributed by atoms with Crippen molar-refractivity contribution in [1.82, 2.24) is 10.3 Å². The van der Waals surface area contributed by atoms with Gasteiger partial charge in [0.25, 0.3) is 0 Å². The second kappa shape index (κ2) is 8.26. The van der Waals surface area contributed by atoms with Crippen LogP contribution in [-0.2, 0) is 0 Å². The highest BCUT2D eigenvalue weighted by Crippen LogP contribution is 2.22. The van der Waals surface area contributed by atoms with Crippen LogP contribution in [0.25, 0.3) is 0 Å². The van der Waals surface area contributed by atoms with Crippen molar-refractivity contribution in [2.24, 2.45) is 0 Å². The van der Waals surface area contributed by atoms with Crippen LogP contribution >= 0.6 is 12.2 Å². The Labute approximate surface area is 152 Å². The third kappa shape index (κ3) is 4.55. The first-order chi connectivity index (χ1) is 12.3. The van der Waals surface area contributed by atoms with Crippen LogP contribution in [0.1, 0.15) is 17.2 Å². The van der Waals surface area contributed by atoms with E-state index in [2.05, 4.69) is 27.8 Å². The number of nitrogens with one attached hydrogen (secondary N) is 2. The molecule has 0 unspecified atom stereocenters. The van der Waals surface area contributed by atoms with Gasteiger partial charge in [-0.25, -0.2) is 0 Å². The van der Waals surface area contributed by atoms with Crippen LogP contribution in [0.3, 0.4) is 0 Å². The molecule has 0 saturated heterocycles. The van der Waals surface area contributed by atoms with Gasteiger partial charge in [0.1, 0.15) is 5.75 Å². The van der Waals surface area contributed by atoms with Gasteiger partial charge in [-0.15, -0.1) is 0 Å². The minimum absolute atomic E-state index is 0.0533. The molecule has 0 saturated carbocycles. The monoisotopic (exact) mass is 349 g/mol. The van der Waals surface area contributed by atoms with E-state index in [9.17, 15) is 0 Å². The fraction of sp³-hybridized carbons (Fsp3) is 0.100. The Bertz CT molecular complexity index is 768. The van der Waals surface area contributed by atoms with Gasteiger partial charge in [0.2, 0.25) is 0 Å². The van der Waals surface area contributed by atoms with E-state index in [-0.39, 0.29) is 6.04 Å². The van der Waals surface area contributed by atoms with Crippen LogP contribution < -0.4 is 15.4 Å². The van der Waals surface area contributed by atoms with Gasteiger partial charge in [0, 0.05) is 18.1 Å². The molecule has 1 atom stereocenters. The fourth-order valence-corrected chi connectivity index (χ4v) is 2.77. The zero-order valence-electron chi connectivity index (χ0n) is 13.8. The summed E-state index contributed by atoms with van der Waals surface area (Å²) in [4.78, 5) is 4.10. The molecule has 3 rings (SSSR count). The maximum atomic E-state index is 5.50. The van der Waals surface area contributed by atoms with Gasteiger partial charge < -0.3 is 15.4 Å². The van der Waals surface area contributed by atoms with Crippen LogP contribution in [0.2, 0.25) is 0 Å². The molecule has 0 aliphatic heterocycles. The molecule has 0 aliphatic rings. The number of methoxy groups -OCH3 is 1. The molecule has 1 heterocycles. The average Bonchev–Trinajstić information content (AvgIpc) is 2.68. The predicted molar refractivity (Wildman–Crippen MR) is 105 cm³/mol. The summed E-state index contributed by atoms with van der Waals surface area (Å²) in [5.41, 5.74) is 3.13. The lowest BCUT2D eigenvalue weighted by molar-refractivity contribution is 0.415. The quantitative estimate of drug-likeness (QED) is 0.677. The van der Waals surface area contributed by atoms with Crippen molar-refractivity contribution in [3.8, 4) is 5.75 Å². The lowest BCUT2D eigenvalue weighted by Crippen LogP contribution is -2.33. The molecule has 5 heteroatoms. The zero-order valence-corrected chi connectivity index (χ0v) is 14.7. The topological polar surface area (TPSA) is 46.2 Å². The average molecular weight is 349 g/mol. The van der Waals surface area contributed by atoms with Crippen molar-refractivity contribution in [2.75, 3.05) is 12.4 Å². The molecule has 0 radical (unpaired) electrons. The fourth-order valence-electron chi connectivity index (χ4n) is 2.53. The number of ether oxygens (including phenoxy) is 1. The van der Waals surface area contributed by atoms with Crippen molar-refractivity contribution in [2.45, 2.75) is 6.04 Å². The van der Waals surface area contributed by atoms with Crippen molar-refractivity contribution in [3.63, 3.8) is 0 Å². The number of hydrogen-bond donors (Lipinski definition) is 2. The Kier molecular flexibility index (Phi) is 5.59. The van der Waals surface area contributed by atoms with Crippen LogP contribution in [0.4, 0.5) is 5.69 Å². The normalized spacial score (nSPS) is 11.4. The van der Waals surface area contributed by atoms with E-state index in [1.165, 1.54) is 0 Å². The Morgan fingerprint density at radius 3 is 2.20 bits per heavy atom. The van der Waals surface area contributed by atoms with Gasteiger partial charge in [-0.3, -0.25) is 4.98 Å². The maximum Gasteiger partial charge on any atom is 0.171 e. The molecule has 0 amide bonds. The lowest BCUT2D eigenvalue weighted by Gasteiger charge is -2.22. The summed E-state index contributed by atoms with van der Waals surface area (Å²) in [6.07, 6.45) is 3.57. The summed E-state index contributed by atoms with van der Waals surface area (Å²) in [6, 6.07) is 21.8. The number of rotatable bonds is 5. The van der Waals surface area contributed by atoms with Gasteiger partial charge in [-0.2, -0.15) is 0 Å². The van der Waals surface area contributed by atoms with E-state index in [0.717, 1.165) is 22.6 Å². The molecule has 25 heavy (non-hydrogen) atoms. The number of nitrogens with zero attached hydrogens (tertiary/aromatic N) is 1. The molecule has 4 nitrogen and oxygen atoms in total. The molecule has 2 N–H and O–H groups in total. The van der Waals surface area contributed by atoms with E-state index >= 15 is 0 Å². The minimum atomic E-state index is -0.0533. The Morgan fingerprint density at radius 2 is 1.56 bits per heavy atom. The molecular weight excluding hydrogens is 330 g/mol. The number of aromatic nitrogens is 1. The van der Waals surface area contributed by atoms with E-state index in [1.807, 2.05) is 54.6 Å². The molecule has 0 fully saturated rings. The van der Waals surface area contributed by atoms with Crippen LogP contribution in [0.15, 0.2) is 79.1 Å². The maximum absolute atomic E-state index is 5.50. The second-order valence-electron chi connectivity index (χ2n) is 5.45. The van der Waals surface area contributed by atoms with Crippen LogP contribution in [-0.4, -0.2) is 17.2 Å². The van der Waals surface area contributed by atoms with E-state index in [4.69, 9.17) is 17.0 Å². The van der Waals surface area contributed by atoms with Gasteiger partial charge in [0.15, 0.2) is 5.11 Å². The highest BCUT2D eigenvalue weighted by molar-refractivity contribution is 7.80. The predicted octanol–water partition coefficient (Wildman–Crippen LogP) is 4.17. The highest BCUT2D eigenvalue weighted by atomic mass is 32.1. The molecule has 0 aliphatic carbocycles. The standard InChI is InChI=1S/C20H19N3OS/c1-24-18-9-7-17(8-10-18)22-20(25)23-19(15-5-3-2-4-6-15)16-11-13-21-14-12-16/h2-14,19H,1H3,(H2,22,23,25)/t19-/m0/s1. The zero-order chi connectivity index (χ0) is 17.5. The van der Waals surface area contributed by atoms with E-state index < -0.39 is 0 Å². The number of benzene rings is 2. The van der Waals surface area contributed by atoms with Gasteiger partial charge in [0.05, 0.1) is 13.2 Å². The largest absolute Gasteiger partial charge is 0.497 e. The van der Waals surface area contributed by atoms with Crippen molar-refractivity contribution < 1.29 is 4.74 Å². The van der Waals surface area contributed by atoms with Crippen molar-refractivity contribution >= 4 is 23.0 Å². The van der Waals surface area contributed by atoms with E-state index in [0.29, 0.717) is 5.11 Å². The Hall–Kier alpha value is -2.92. The second-order valence-corrected chi connectivity index (χ2v) is 5.86. The Balaban J connectivity index is 1.76.